The Balaban J connectivity index is 1.72. The van der Waals surface area contributed by atoms with Gasteiger partial charge in [-0.25, -0.2) is 4.98 Å². The predicted octanol–water partition coefficient (Wildman–Crippen LogP) is 3.13. The third-order valence-corrected chi connectivity index (χ3v) is 4.61. The maximum atomic E-state index is 5.38. The van der Waals surface area contributed by atoms with Crippen molar-refractivity contribution in [2.75, 3.05) is 13.2 Å². The molecule has 0 aliphatic carbocycles. The fourth-order valence-corrected chi connectivity index (χ4v) is 3.34. The highest BCUT2D eigenvalue weighted by Crippen LogP contribution is 2.26. The van der Waals surface area contributed by atoms with Crippen molar-refractivity contribution in [2.24, 2.45) is 0 Å². The molecule has 1 aliphatic heterocycles. The molecule has 1 aliphatic rings. The second-order valence-corrected chi connectivity index (χ2v) is 5.86. The first-order valence-corrected chi connectivity index (χ1v) is 7.34. The van der Waals surface area contributed by atoms with Gasteiger partial charge in [-0.05, 0) is 31.9 Å². The summed E-state index contributed by atoms with van der Waals surface area (Å²) < 4.78 is 6.65. The number of rotatable bonds is 3. The number of ether oxygens (including phenoxy) is 1. The first kappa shape index (κ1) is 12.1. The lowest BCUT2D eigenvalue weighted by Crippen LogP contribution is -2.36. The number of nitrogens with zero attached hydrogens (tertiary/aromatic N) is 1. The molecule has 1 unspecified atom stereocenters. The van der Waals surface area contributed by atoms with E-state index in [0.29, 0.717) is 12.1 Å². The minimum Gasteiger partial charge on any atom is -0.381 e. The smallest absolute Gasteiger partial charge is 0.111 e. The molecule has 0 radical (unpaired) electrons. The Morgan fingerprint density at radius 2 is 2.11 bits per heavy atom. The molecule has 18 heavy (non-hydrogen) atoms. The summed E-state index contributed by atoms with van der Waals surface area (Å²) in [5.74, 6) is 0. The van der Waals surface area contributed by atoms with Crippen LogP contribution in [0.3, 0.4) is 0 Å². The van der Waals surface area contributed by atoms with Gasteiger partial charge in [0.15, 0.2) is 0 Å². The summed E-state index contributed by atoms with van der Waals surface area (Å²) in [6.07, 6.45) is 2.21. The number of hydrogen-bond acceptors (Lipinski definition) is 4. The van der Waals surface area contributed by atoms with Gasteiger partial charge in [0.2, 0.25) is 0 Å². The van der Waals surface area contributed by atoms with E-state index in [-0.39, 0.29) is 0 Å². The molecule has 1 aromatic carbocycles. The standard InChI is InChI=1S/C14H18N2OS/c1-10(15-11-6-8-17-9-7-11)14-16-12-4-2-3-5-13(12)18-14/h2-5,10-11,15H,6-9H2,1H3. The van der Waals surface area contributed by atoms with Crippen LogP contribution >= 0.6 is 11.3 Å². The number of aromatic nitrogens is 1. The van der Waals surface area contributed by atoms with Crippen molar-refractivity contribution in [3.8, 4) is 0 Å². The summed E-state index contributed by atoms with van der Waals surface area (Å²) in [6, 6.07) is 9.23. The van der Waals surface area contributed by atoms with E-state index in [1.807, 2.05) is 6.07 Å². The summed E-state index contributed by atoms with van der Waals surface area (Å²) >= 11 is 1.79. The zero-order chi connectivity index (χ0) is 12.4. The lowest BCUT2D eigenvalue weighted by Gasteiger charge is -2.25. The van der Waals surface area contributed by atoms with Crippen molar-refractivity contribution in [2.45, 2.75) is 31.8 Å². The topological polar surface area (TPSA) is 34.1 Å². The maximum Gasteiger partial charge on any atom is 0.111 e. The first-order valence-electron chi connectivity index (χ1n) is 6.52. The fourth-order valence-electron chi connectivity index (χ4n) is 2.36. The van der Waals surface area contributed by atoms with Crippen LogP contribution in [0.25, 0.3) is 10.2 Å². The average molecular weight is 262 g/mol. The number of hydrogen-bond donors (Lipinski definition) is 1. The van der Waals surface area contributed by atoms with Crippen LogP contribution in [0.2, 0.25) is 0 Å². The molecular formula is C14H18N2OS. The SMILES string of the molecule is CC(NC1CCOCC1)c1nc2ccccc2s1. The highest BCUT2D eigenvalue weighted by molar-refractivity contribution is 7.18. The Morgan fingerprint density at radius 1 is 1.33 bits per heavy atom. The van der Waals surface area contributed by atoms with E-state index in [0.717, 1.165) is 31.6 Å². The monoisotopic (exact) mass is 262 g/mol. The molecule has 1 saturated heterocycles. The Morgan fingerprint density at radius 3 is 2.89 bits per heavy atom. The quantitative estimate of drug-likeness (QED) is 0.922. The molecule has 2 aromatic rings. The molecule has 96 valence electrons. The minimum absolute atomic E-state index is 0.325. The predicted molar refractivity (Wildman–Crippen MR) is 75.0 cm³/mol. The highest BCUT2D eigenvalue weighted by atomic mass is 32.1. The molecule has 3 rings (SSSR count). The molecule has 3 nitrogen and oxygen atoms in total. The van der Waals surface area contributed by atoms with Crippen LogP contribution in [0.1, 0.15) is 30.8 Å². The molecule has 1 N–H and O–H groups in total. The molecule has 0 bridgehead atoms. The Kier molecular flexibility index (Phi) is 3.59. The Hall–Kier alpha value is -0.970. The molecule has 1 atom stereocenters. The van der Waals surface area contributed by atoms with Crippen LogP contribution in [0.15, 0.2) is 24.3 Å². The van der Waals surface area contributed by atoms with E-state index in [1.165, 1.54) is 9.71 Å². The van der Waals surface area contributed by atoms with Gasteiger partial charge in [0.1, 0.15) is 5.01 Å². The summed E-state index contributed by atoms with van der Waals surface area (Å²) in [7, 11) is 0. The average Bonchev–Trinajstić information content (AvgIpc) is 2.84. The van der Waals surface area contributed by atoms with Gasteiger partial charge < -0.3 is 10.1 Å². The van der Waals surface area contributed by atoms with Crippen molar-refractivity contribution in [1.29, 1.82) is 0 Å². The number of nitrogens with one attached hydrogen (secondary N) is 1. The van der Waals surface area contributed by atoms with E-state index < -0.39 is 0 Å². The lowest BCUT2D eigenvalue weighted by molar-refractivity contribution is 0.0754. The van der Waals surface area contributed by atoms with Gasteiger partial charge in [-0.15, -0.1) is 11.3 Å². The van der Waals surface area contributed by atoms with Crippen molar-refractivity contribution >= 4 is 21.6 Å². The van der Waals surface area contributed by atoms with E-state index in [1.54, 1.807) is 11.3 Å². The highest BCUT2D eigenvalue weighted by Gasteiger charge is 2.18. The minimum atomic E-state index is 0.325. The molecule has 0 spiro atoms. The van der Waals surface area contributed by atoms with E-state index >= 15 is 0 Å². The second-order valence-electron chi connectivity index (χ2n) is 4.79. The molecule has 4 heteroatoms. The van der Waals surface area contributed by atoms with Crippen LogP contribution in [-0.4, -0.2) is 24.2 Å². The summed E-state index contributed by atoms with van der Waals surface area (Å²) in [4.78, 5) is 4.70. The van der Waals surface area contributed by atoms with Crippen LogP contribution in [0.5, 0.6) is 0 Å². The molecule has 1 aromatic heterocycles. The second kappa shape index (κ2) is 5.34. The van der Waals surface area contributed by atoms with Crippen LogP contribution < -0.4 is 5.32 Å². The fraction of sp³-hybridized carbons (Fsp3) is 0.500. The largest absolute Gasteiger partial charge is 0.381 e. The Bertz CT molecular complexity index is 486. The zero-order valence-corrected chi connectivity index (χ0v) is 11.4. The van der Waals surface area contributed by atoms with Crippen LogP contribution in [0.4, 0.5) is 0 Å². The van der Waals surface area contributed by atoms with Gasteiger partial charge >= 0.3 is 0 Å². The van der Waals surface area contributed by atoms with Crippen molar-refractivity contribution < 1.29 is 4.74 Å². The third-order valence-electron chi connectivity index (χ3n) is 3.39. The van der Waals surface area contributed by atoms with Gasteiger partial charge in [0.25, 0.3) is 0 Å². The number of benzene rings is 1. The number of para-hydroxylation sites is 1. The zero-order valence-electron chi connectivity index (χ0n) is 10.6. The number of thiazole rings is 1. The van der Waals surface area contributed by atoms with E-state index in [2.05, 4.69) is 30.4 Å². The molecule has 2 heterocycles. The van der Waals surface area contributed by atoms with Gasteiger partial charge in [-0.3, -0.25) is 0 Å². The summed E-state index contributed by atoms with van der Waals surface area (Å²) in [5.41, 5.74) is 1.11. The molecule has 0 amide bonds. The first-order chi connectivity index (χ1) is 8.83. The van der Waals surface area contributed by atoms with Crippen LogP contribution in [-0.2, 0) is 4.74 Å². The van der Waals surface area contributed by atoms with E-state index in [9.17, 15) is 0 Å². The van der Waals surface area contributed by atoms with Gasteiger partial charge in [-0.1, -0.05) is 12.1 Å². The van der Waals surface area contributed by atoms with Crippen molar-refractivity contribution in [1.82, 2.24) is 10.3 Å². The molecule has 0 saturated carbocycles. The normalized spacial score (nSPS) is 19.2. The maximum absolute atomic E-state index is 5.38. The number of fused-ring (bicyclic) bond motifs is 1. The van der Waals surface area contributed by atoms with E-state index in [4.69, 9.17) is 9.72 Å². The van der Waals surface area contributed by atoms with Crippen molar-refractivity contribution in [3.05, 3.63) is 29.3 Å². The van der Waals surface area contributed by atoms with Gasteiger partial charge in [0, 0.05) is 19.3 Å². The molecule has 1 fully saturated rings. The van der Waals surface area contributed by atoms with Gasteiger partial charge in [0.05, 0.1) is 16.3 Å². The van der Waals surface area contributed by atoms with Crippen molar-refractivity contribution in [3.63, 3.8) is 0 Å². The van der Waals surface area contributed by atoms with Crippen LogP contribution in [0, 0.1) is 0 Å². The third kappa shape index (κ3) is 2.55. The molecular weight excluding hydrogens is 244 g/mol. The Labute approximate surface area is 111 Å². The lowest BCUT2D eigenvalue weighted by atomic mass is 10.1. The summed E-state index contributed by atoms with van der Waals surface area (Å²) in [6.45, 7) is 3.96. The van der Waals surface area contributed by atoms with Gasteiger partial charge in [-0.2, -0.15) is 0 Å². The summed E-state index contributed by atoms with van der Waals surface area (Å²) in [5, 5.41) is 4.85.